The summed E-state index contributed by atoms with van der Waals surface area (Å²) in [5, 5.41) is 9.86. The van der Waals surface area contributed by atoms with E-state index in [-0.39, 0.29) is 0 Å². The van der Waals surface area contributed by atoms with Crippen LogP contribution in [0.15, 0.2) is 30.3 Å². The Balaban J connectivity index is 2.81. The molecule has 1 aromatic carbocycles. The lowest BCUT2D eigenvalue weighted by molar-refractivity contribution is 0.0177. The summed E-state index contributed by atoms with van der Waals surface area (Å²) in [6, 6.07) is 8.12. The van der Waals surface area contributed by atoms with Crippen LogP contribution in [0.3, 0.4) is 0 Å². The van der Waals surface area contributed by atoms with Crippen molar-refractivity contribution in [3.8, 4) is 0 Å². The normalized spacial score (nSPS) is 15.2. The van der Waals surface area contributed by atoms with Gasteiger partial charge in [0.1, 0.15) is 12.2 Å². The van der Waals surface area contributed by atoms with Crippen molar-refractivity contribution in [3.05, 3.63) is 35.9 Å². The monoisotopic (exact) mass is 258 g/mol. The molecule has 94 valence electrons. The molecule has 0 saturated heterocycles. The summed E-state index contributed by atoms with van der Waals surface area (Å²) in [5.41, 5.74) is -1.57. The first kappa shape index (κ1) is 13.8. The highest BCUT2D eigenvalue weighted by atomic mass is 32.2. The predicted molar refractivity (Wildman–Crippen MR) is 62.2 cm³/mol. The number of rotatable bonds is 5. The number of hydrogen-bond acceptors (Lipinski definition) is 5. The number of Topliss-reactive ketones (excluding diaryl/α,β-unsaturated/α-hetero) is 1. The van der Waals surface area contributed by atoms with Gasteiger partial charge in [0.2, 0.25) is 0 Å². The second-order valence-corrected chi connectivity index (χ2v) is 5.58. The smallest absolute Gasteiger partial charge is 0.264 e. The van der Waals surface area contributed by atoms with Crippen LogP contribution in [0, 0.1) is 0 Å². The van der Waals surface area contributed by atoms with E-state index in [9.17, 15) is 18.3 Å². The minimum atomic E-state index is -3.69. The zero-order valence-electron chi connectivity index (χ0n) is 9.58. The molecule has 0 amide bonds. The molecule has 1 atom stereocenters. The standard InChI is InChI=1S/C11H14O5S/c1-11(13,8-16-17(2,14)15)10(12)9-6-4-3-5-7-9/h3-7,13H,8H2,1-2H3. The molecule has 0 aromatic heterocycles. The van der Waals surface area contributed by atoms with E-state index in [2.05, 4.69) is 4.18 Å². The Kier molecular flexibility index (Phi) is 4.03. The van der Waals surface area contributed by atoms with Gasteiger partial charge >= 0.3 is 0 Å². The molecule has 1 unspecified atom stereocenters. The lowest BCUT2D eigenvalue weighted by Gasteiger charge is -2.20. The zero-order valence-corrected chi connectivity index (χ0v) is 10.4. The summed E-state index contributed by atoms with van der Waals surface area (Å²) in [6.07, 6.45) is 0.857. The van der Waals surface area contributed by atoms with Crippen molar-refractivity contribution >= 4 is 15.9 Å². The number of benzene rings is 1. The average molecular weight is 258 g/mol. The van der Waals surface area contributed by atoms with Crippen LogP contribution in [0.1, 0.15) is 17.3 Å². The molecule has 17 heavy (non-hydrogen) atoms. The molecule has 0 saturated carbocycles. The Morgan fingerprint density at radius 1 is 1.35 bits per heavy atom. The Bertz CT molecular complexity index is 490. The number of aliphatic hydroxyl groups is 1. The van der Waals surface area contributed by atoms with E-state index < -0.39 is 28.1 Å². The highest BCUT2D eigenvalue weighted by Crippen LogP contribution is 2.14. The molecule has 0 bridgehead atoms. The minimum Gasteiger partial charge on any atom is -0.379 e. The van der Waals surface area contributed by atoms with Gasteiger partial charge < -0.3 is 5.11 Å². The Morgan fingerprint density at radius 3 is 2.35 bits per heavy atom. The Labute approximate surface area is 100 Å². The fraction of sp³-hybridized carbons (Fsp3) is 0.364. The van der Waals surface area contributed by atoms with E-state index in [0.29, 0.717) is 5.56 Å². The molecule has 6 heteroatoms. The molecular formula is C11H14O5S. The molecule has 0 fully saturated rings. The quantitative estimate of drug-likeness (QED) is 0.617. The molecule has 0 heterocycles. The van der Waals surface area contributed by atoms with Crippen molar-refractivity contribution in [2.45, 2.75) is 12.5 Å². The van der Waals surface area contributed by atoms with Gasteiger partial charge in [-0.25, -0.2) is 0 Å². The molecule has 5 nitrogen and oxygen atoms in total. The topological polar surface area (TPSA) is 80.7 Å². The van der Waals surface area contributed by atoms with Crippen LogP contribution in [0.4, 0.5) is 0 Å². The first-order valence-electron chi connectivity index (χ1n) is 4.89. The maximum absolute atomic E-state index is 11.9. The van der Waals surface area contributed by atoms with Gasteiger partial charge in [0.25, 0.3) is 10.1 Å². The van der Waals surface area contributed by atoms with Gasteiger partial charge in [0, 0.05) is 5.56 Å². The summed E-state index contributed by atoms with van der Waals surface area (Å²) in [4.78, 5) is 11.9. The molecule has 1 N–H and O–H groups in total. The fourth-order valence-electron chi connectivity index (χ4n) is 1.19. The van der Waals surface area contributed by atoms with Crippen molar-refractivity contribution in [3.63, 3.8) is 0 Å². The molecule has 0 aliphatic heterocycles. The molecular weight excluding hydrogens is 244 g/mol. The van der Waals surface area contributed by atoms with Crippen LogP contribution < -0.4 is 0 Å². The van der Waals surface area contributed by atoms with E-state index in [4.69, 9.17) is 0 Å². The lowest BCUT2D eigenvalue weighted by atomic mass is 9.96. The average Bonchev–Trinajstić information content (AvgIpc) is 2.26. The van der Waals surface area contributed by atoms with Gasteiger partial charge in [-0.2, -0.15) is 8.42 Å². The number of carbonyl (C=O) groups is 1. The minimum absolute atomic E-state index is 0.301. The molecule has 0 aliphatic carbocycles. The Morgan fingerprint density at radius 2 is 1.88 bits per heavy atom. The molecule has 0 radical (unpaired) electrons. The summed E-state index contributed by atoms with van der Waals surface area (Å²) in [6.45, 7) is 0.618. The van der Waals surface area contributed by atoms with Crippen molar-refractivity contribution in [2.24, 2.45) is 0 Å². The first-order chi connectivity index (χ1) is 7.72. The number of hydrogen-bond donors (Lipinski definition) is 1. The largest absolute Gasteiger partial charge is 0.379 e. The van der Waals surface area contributed by atoms with E-state index in [1.165, 1.54) is 19.1 Å². The van der Waals surface area contributed by atoms with Gasteiger partial charge in [0.15, 0.2) is 5.78 Å². The molecule has 1 aromatic rings. The maximum Gasteiger partial charge on any atom is 0.264 e. The van der Waals surface area contributed by atoms with E-state index in [0.717, 1.165) is 6.26 Å². The highest BCUT2D eigenvalue weighted by molar-refractivity contribution is 7.85. The Hall–Kier alpha value is -1.24. The van der Waals surface area contributed by atoms with E-state index >= 15 is 0 Å². The SMILES string of the molecule is CC(O)(COS(C)(=O)=O)C(=O)c1ccccc1. The van der Waals surface area contributed by atoms with Gasteiger partial charge in [-0.15, -0.1) is 0 Å². The van der Waals surface area contributed by atoms with Crippen LogP contribution in [-0.2, 0) is 14.3 Å². The van der Waals surface area contributed by atoms with Crippen molar-refractivity contribution < 1.29 is 22.5 Å². The van der Waals surface area contributed by atoms with Crippen molar-refractivity contribution in [2.75, 3.05) is 12.9 Å². The summed E-state index contributed by atoms with van der Waals surface area (Å²) >= 11 is 0. The first-order valence-corrected chi connectivity index (χ1v) is 6.71. The molecule has 1 rings (SSSR count). The molecule has 0 spiro atoms. The fourth-order valence-corrected chi connectivity index (χ4v) is 1.63. The van der Waals surface area contributed by atoms with Crippen LogP contribution in [0.5, 0.6) is 0 Å². The number of carbonyl (C=O) groups excluding carboxylic acids is 1. The third-order valence-electron chi connectivity index (χ3n) is 2.08. The van der Waals surface area contributed by atoms with E-state index in [1.54, 1.807) is 18.2 Å². The van der Waals surface area contributed by atoms with Gasteiger partial charge in [0.05, 0.1) is 6.26 Å². The van der Waals surface area contributed by atoms with Crippen molar-refractivity contribution in [1.29, 1.82) is 0 Å². The lowest BCUT2D eigenvalue weighted by Crippen LogP contribution is -2.40. The van der Waals surface area contributed by atoms with Crippen LogP contribution in [0.25, 0.3) is 0 Å². The van der Waals surface area contributed by atoms with Gasteiger partial charge in [-0.05, 0) is 6.92 Å². The second kappa shape index (κ2) is 4.95. The van der Waals surface area contributed by atoms with Gasteiger partial charge in [-0.1, -0.05) is 30.3 Å². The molecule has 0 aliphatic rings. The number of ketones is 1. The third kappa shape index (κ3) is 4.26. The van der Waals surface area contributed by atoms with E-state index in [1.807, 2.05) is 0 Å². The third-order valence-corrected chi connectivity index (χ3v) is 2.63. The summed E-state index contributed by atoms with van der Waals surface area (Å²) in [7, 11) is -3.69. The van der Waals surface area contributed by atoms with Crippen LogP contribution in [-0.4, -0.2) is 37.8 Å². The summed E-state index contributed by atoms with van der Waals surface area (Å²) < 4.78 is 26.0. The van der Waals surface area contributed by atoms with Gasteiger partial charge in [-0.3, -0.25) is 8.98 Å². The zero-order chi connectivity index (χ0) is 13.1. The second-order valence-electron chi connectivity index (χ2n) is 3.94. The van der Waals surface area contributed by atoms with Crippen molar-refractivity contribution in [1.82, 2.24) is 0 Å². The van der Waals surface area contributed by atoms with Crippen LogP contribution >= 0.6 is 0 Å². The van der Waals surface area contributed by atoms with Crippen LogP contribution in [0.2, 0.25) is 0 Å². The maximum atomic E-state index is 11.9. The predicted octanol–water partition coefficient (Wildman–Crippen LogP) is 0.597. The highest BCUT2D eigenvalue weighted by Gasteiger charge is 2.32. The summed E-state index contributed by atoms with van der Waals surface area (Å²) in [5.74, 6) is -0.582.